The number of β-lactam (4-membered cyclic amide) rings is 1. The lowest BCUT2D eigenvalue weighted by molar-refractivity contribution is -0.148. The maximum Gasteiger partial charge on any atom is 0.356 e. The van der Waals surface area contributed by atoms with Crippen molar-refractivity contribution in [2.24, 2.45) is 5.73 Å². The van der Waals surface area contributed by atoms with Gasteiger partial charge in [-0.2, -0.15) is 0 Å². The number of carbonyl (C=O) groups excluding carboxylic acids is 1. The molecule has 0 aromatic carbocycles. The van der Waals surface area contributed by atoms with E-state index in [1.165, 1.54) is 23.8 Å². The number of carboxylic acid groups (broad SMARTS) is 1. The fraction of sp³-hybridized carbons (Fsp3) is 0.556. The lowest BCUT2D eigenvalue weighted by Crippen LogP contribution is -2.69. The van der Waals surface area contributed by atoms with Crippen molar-refractivity contribution in [1.29, 1.82) is 0 Å². The first-order valence-corrected chi connectivity index (χ1v) is 5.69. The molecule has 2 rings (SSSR count). The van der Waals surface area contributed by atoms with Crippen LogP contribution in [0.15, 0.2) is 11.5 Å². The van der Waals surface area contributed by atoms with Crippen LogP contribution in [0.4, 0.5) is 0 Å². The Bertz CT molecular complexity index is 395. The van der Waals surface area contributed by atoms with E-state index in [4.69, 9.17) is 15.6 Å². The third-order valence-corrected chi connectivity index (χ3v) is 4.10. The Kier molecular flexibility index (Phi) is 2.59. The predicted molar refractivity (Wildman–Crippen MR) is 57.3 cm³/mol. The number of carboxylic acids is 1. The van der Waals surface area contributed by atoms with Gasteiger partial charge in [0, 0.05) is 0 Å². The fourth-order valence-electron chi connectivity index (χ4n) is 1.92. The number of methoxy groups -OCH3 is 1. The van der Waals surface area contributed by atoms with E-state index in [0.29, 0.717) is 5.76 Å². The SMILES string of the molecule is COC1=C(C(=O)O)N2C(=O)C(N)[C@H]2SC1C. The van der Waals surface area contributed by atoms with E-state index in [2.05, 4.69) is 0 Å². The first-order valence-electron chi connectivity index (χ1n) is 4.74. The molecule has 3 N–H and O–H groups in total. The number of amides is 1. The molecule has 6 nitrogen and oxygen atoms in total. The summed E-state index contributed by atoms with van der Waals surface area (Å²) in [4.78, 5) is 23.8. The molecule has 0 aromatic heterocycles. The Balaban J connectivity index is 2.45. The molecule has 16 heavy (non-hydrogen) atoms. The van der Waals surface area contributed by atoms with Crippen LogP contribution in [0.5, 0.6) is 0 Å². The van der Waals surface area contributed by atoms with Crippen molar-refractivity contribution in [2.75, 3.05) is 7.11 Å². The molecule has 88 valence electrons. The average Bonchev–Trinajstić information content (AvgIpc) is 2.26. The number of nitrogens with zero attached hydrogens (tertiary/aromatic N) is 1. The molecule has 1 amide bonds. The van der Waals surface area contributed by atoms with Gasteiger partial charge < -0.3 is 15.6 Å². The van der Waals surface area contributed by atoms with Gasteiger partial charge in [-0.25, -0.2) is 4.79 Å². The summed E-state index contributed by atoms with van der Waals surface area (Å²) in [6.45, 7) is 1.83. The minimum absolute atomic E-state index is 0.0783. The highest BCUT2D eigenvalue weighted by molar-refractivity contribution is 8.00. The molecule has 2 heterocycles. The molecular weight excluding hydrogens is 232 g/mol. The van der Waals surface area contributed by atoms with E-state index >= 15 is 0 Å². The topological polar surface area (TPSA) is 92.9 Å². The number of carbonyl (C=O) groups is 2. The summed E-state index contributed by atoms with van der Waals surface area (Å²) in [6, 6.07) is -0.611. The second-order valence-electron chi connectivity index (χ2n) is 3.63. The monoisotopic (exact) mass is 244 g/mol. The van der Waals surface area contributed by atoms with Gasteiger partial charge in [0.1, 0.15) is 17.2 Å². The van der Waals surface area contributed by atoms with E-state index < -0.39 is 12.0 Å². The molecule has 0 aromatic rings. The average molecular weight is 244 g/mol. The molecule has 2 aliphatic heterocycles. The molecule has 0 aliphatic carbocycles. The van der Waals surface area contributed by atoms with Crippen LogP contribution >= 0.6 is 11.8 Å². The van der Waals surface area contributed by atoms with E-state index in [1.54, 1.807) is 0 Å². The van der Waals surface area contributed by atoms with Gasteiger partial charge in [0.05, 0.1) is 12.4 Å². The summed E-state index contributed by atoms with van der Waals surface area (Å²) in [5.74, 6) is -1.21. The summed E-state index contributed by atoms with van der Waals surface area (Å²) in [6.07, 6.45) is 0. The zero-order valence-corrected chi connectivity index (χ0v) is 9.65. The smallest absolute Gasteiger partial charge is 0.356 e. The van der Waals surface area contributed by atoms with Gasteiger partial charge in [0.25, 0.3) is 0 Å². The second kappa shape index (κ2) is 3.67. The third kappa shape index (κ3) is 1.31. The second-order valence-corrected chi connectivity index (χ2v) is 5.09. The fourth-order valence-corrected chi connectivity index (χ4v) is 3.29. The van der Waals surface area contributed by atoms with Crippen molar-refractivity contribution < 1.29 is 19.4 Å². The quantitative estimate of drug-likeness (QED) is 0.640. The van der Waals surface area contributed by atoms with Gasteiger partial charge >= 0.3 is 5.97 Å². The Labute approximate surface area is 96.4 Å². The van der Waals surface area contributed by atoms with Crippen LogP contribution in [0.25, 0.3) is 0 Å². The van der Waals surface area contributed by atoms with Crippen LogP contribution in [0.2, 0.25) is 0 Å². The Morgan fingerprint density at radius 3 is 2.75 bits per heavy atom. The number of nitrogens with two attached hydrogens (primary N) is 1. The van der Waals surface area contributed by atoms with Crippen LogP contribution in [0.3, 0.4) is 0 Å². The van der Waals surface area contributed by atoms with E-state index in [-0.39, 0.29) is 22.2 Å². The number of thioether (sulfide) groups is 1. The zero-order valence-electron chi connectivity index (χ0n) is 8.84. The van der Waals surface area contributed by atoms with Crippen LogP contribution in [0, 0.1) is 0 Å². The summed E-state index contributed by atoms with van der Waals surface area (Å²) in [5.41, 5.74) is 5.54. The number of hydrogen-bond acceptors (Lipinski definition) is 5. The predicted octanol–water partition coefficient (Wildman–Crippen LogP) is -0.440. The molecule has 0 radical (unpaired) electrons. The van der Waals surface area contributed by atoms with Crippen molar-refractivity contribution in [2.45, 2.75) is 23.6 Å². The number of ether oxygens (including phenoxy) is 1. The molecular formula is C9H12N2O4S. The number of aliphatic carboxylic acids is 1. The summed E-state index contributed by atoms with van der Waals surface area (Å²) in [7, 11) is 1.40. The summed E-state index contributed by atoms with van der Waals surface area (Å²) < 4.78 is 5.06. The van der Waals surface area contributed by atoms with E-state index in [0.717, 1.165) is 0 Å². The molecule has 0 bridgehead atoms. The highest BCUT2D eigenvalue weighted by Gasteiger charge is 2.54. The third-order valence-electron chi connectivity index (χ3n) is 2.69. The Hall–Kier alpha value is -1.21. The first-order chi connectivity index (χ1) is 7.49. The van der Waals surface area contributed by atoms with Crippen molar-refractivity contribution in [3.05, 3.63) is 11.5 Å². The lowest BCUT2D eigenvalue weighted by atomic mass is 10.1. The van der Waals surface area contributed by atoms with Crippen LogP contribution < -0.4 is 5.73 Å². The minimum atomic E-state index is -1.16. The molecule has 2 unspecified atom stereocenters. The lowest BCUT2D eigenvalue weighted by Gasteiger charge is -2.49. The maximum atomic E-state index is 11.5. The van der Waals surface area contributed by atoms with Gasteiger partial charge in [-0.3, -0.25) is 9.69 Å². The van der Waals surface area contributed by atoms with Gasteiger partial charge in [-0.15, -0.1) is 11.8 Å². The molecule has 2 aliphatic rings. The normalized spacial score (nSPS) is 33.3. The Morgan fingerprint density at radius 1 is 1.62 bits per heavy atom. The van der Waals surface area contributed by atoms with Crippen molar-refractivity contribution in [3.63, 3.8) is 0 Å². The molecule has 0 saturated carbocycles. The van der Waals surface area contributed by atoms with Crippen LogP contribution in [-0.2, 0) is 14.3 Å². The van der Waals surface area contributed by atoms with Crippen molar-refractivity contribution >= 4 is 23.6 Å². The van der Waals surface area contributed by atoms with Crippen LogP contribution in [0.1, 0.15) is 6.92 Å². The summed E-state index contributed by atoms with van der Waals surface area (Å²) in [5, 5.41) is 8.70. The molecule has 1 saturated heterocycles. The van der Waals surface area contributed by atoms with Crippen LogP contribution in [-0.4, -0.2) is 45.7 Å². The van der Waals surface area contributed by atoms with E-state index in [9.17, 15) is 9.59 Å². The molecule has 3 atom stereocenters. The number of rotatable bonds is 2. The standard InChI is InChI=1S/C9H12N2O4S/c1-3-6(15-2)5(9(13)14)11-7(12)4(10)8(11)16-3/h3-4,8H,10H2,1-2H3,(H,13,14)/t3?,4?,8-/m1/s1. The molecule has 0 spiro atoms. The highest BCUT2D eigenvalue weighted by atomic mass is 32.2. The Morgan fingerprint density at radius 2 is 2.25 bits per heavy atom. The van der Waals surface area contributed by atoms with E-state index in [1.807, 2.05) is 6.92 Å². The molecule has 7 heteroatoms. The summed E-state index contributed by atoms with van der Waals surface area (Å²) >= 11 is 1.44. The van der Waals surface area contributed by atoms with Gasteiger partial charge in [-0.05, 0) is 6.92 Å². The first kappa shape index (κ1) is 11.3. The van der Waals surface area contributed by atoms with Crippen molar-refractivity contribution in [1.82, 2.24) is 4.90 Å². The maximum absolute atomic E-state index is 11.5. The number of hydrogen-bond donors (Lipinski definition) is 2. The zero-order chi connectivity index (χ0) is 12.0. The number of fused-ring (bicyclic) bond motifs is 1. The van der Waals surface area contributed by atoms with Gasteiger partial charge in [0.15, 0.2) is 5.70 Å². The van der Waals surface area contributed by atoms with Gasteiger partial charge in [0.2, 0.25) is 5.91 Å². The highest BCUT2D eigenvalue weighted by Crippen LogP contribution is 2.43. The molecule has 1 fully saturated rings. The minimum Gasteiger partial charge on any atom is -0.497 e. The van der Waals surface area contributed by atoms with Gasteiger partial charge in [-0.1, -0.05) is 0 Å². The largest absolute Gasteiger partial charge is 0.497 e. The van der Waals surface area contributed by atoms with Crippen molar-refractivity contribution in [3.8, 4) is 0 Å².